The summed E-state index contributed by atoms with van der Waals surface area (Å²) in [6, 6.07) is 22.0. The van der Waals surface area contributed by atoms with Crippen LogP contribution in [0.5, 0.6) is 0 Å². The van der Waals surface area contributed by atoms with Gasteiger partial charge >= 0.3 is 0 Å². The Kier molecular flexibility index (Phi) is 6.38. The van der Waals surface area contributed by atoms with Gasteiger partial charge in [0.15, 0.2) is 0 Å². The van der Waals surface area contributed by atoms with Crippen LogP contribution in [0.3, 0.4) is 0 Å². The van der Waals surface area contributed by atoms with Gasteiger partial charge in [0.1, 0.15) is 5.69 Å². The fourth-order valence-corrected chi connectivity index (χ4v) is 4.50. The lowest BCUT2D eigenvalue weighted by atomic mass is 9.96. The van der Waals surface area contributed by atoms with Crippen molar-refractivity contribution in [2.75, 3.05) is 6.54 Å². The molecular formula is C27H23N5OS. The predicted molar refractivity (Wildman–Crippen MR) is 136 cm³/mol. The predicted octanol–water partition coefficient (Wildman–Crippen LogP) is 4.85. The second kappa shape index (κ2) is 9.91. The minimum atomic E-state index is -0.219. The number of nitrogens with one attached hydrogen (secondary N) is 1. The highest BCUT2D eigenvalue weighted by Gasteiger charge is 2.17. The van der Waals surface area contributed by atoms with Crippen molar-refractivity contribution in [3.63, 3.8) is 0 Å². The summed E-state index contributed by atoms with van der Waals surface area (Å²) in [6.07, 6.45) is 4.09. The molecule has 0 fully saturated rings. The number of carbonyl (C=O) groups is 1. The highest BCUT2D eigenvalue weighted by atomic mass is 32.1. The van der Waals surface area contributed by atoms with Gasteiger partial charge in [0.25, 0.3) is 5.91 Å². The maximum atomic E-state index is 13.0. The highest BCUT2D eigenvalue weighted by molar-refractivity contribution is 7.09. The molecule has 0 bridgehead atoms. The largest absolute Gasteiger partial charge is 0.350 e. The number of nitrogens with zero attached hydrogens (tertiary/aromatic N) is 3. The molecule has 0 atom stereocenters. The fourth-order valence-electron chi connectivity index (χ4n) is 3.88. The zero-order valence-corrected chi connectivity index (χ0v) is 19.3. The van der Waals surface area contributed by atoms with Crippen molar-refractivity contribution < 1.29 is 4.79 Å². The molecule has 0 saturated carbocycles. The summed E-state index contributed by atoms with van der Waals surface area (Å²) < 4.78 is 0. The third-order valence-corrected chi connectivity index (χ3v) is 6.45. The molecule has 0 spiro atoms. The molecule has 3 N–H and O–H groups in total. The molecule has 0 radical (unpaired) electrons. The van der Waals surface area contributed by atoms with E-state index >= 15 is 0 Å². The Bertz CT molecular complexity index is 1420. The first-order valence-electron chi connectivity index (χ1n) is 11.0. The number of fused-ring (bicyclic) bond motifs is 1. The smallest absolute Gasteiger partial charge is 0.270 e. The van der Waals surface area contributed by atoms with E-state index in [9.17, 15) is 4.79 Å². The average molecular weight is 466 g/mol. The van der Waals surface area contributed by atoms with Crippen molar-refractivity contribution in [1.29, 1.82) is 0 Å². The summed E-state index contributed by atoms with van der Waals surface area (Å²) in [5.74, 6) is -0.219. The summed E-state index contributed by atoms with van der Waals surface area (Å²) in [5, 5.41) is 6.61. The second-order valence-corrected chi connectivity index (χ2v) is 8.79. The summed E-state index contributed by atoms with van der Waals surface area (Å²) in [6.45, 7) is 0.985. The molecule has 1 amide bonds. The molecule has 2 aromatic carbocycles. The number of amides is 1. The Hall–Kier alpha value is -3.94. The van der Waals surface area contributed by atoms with Gasteiger partial charge in [-0.1, -0.05) is 54.6 Å². The molecule has 7 heteroatoms. The molecule has 0 unspecified atom stereocenters. The molecule has 3 aromatic heterocycles. The standard InChI is InChI=1S/C27H23N5OS/c28-17-18-6-8-20(9-7-18)25-21(19-4-2-1-3-5-19)16-22-23(32-25)10-12-30-26(22)27(33)31-13-11-24-29-14-15-34-24/h1-10,12,14-16H,11,13,17,28H2,(H,31,33). The number of pyridine rings is 2. The van der Waals surface area contributed by atoms with E-state index in [-0.39, 0.29) is 5.91 Å². The number of nitrogens with two attached hydrogens (primary N) is 1. The summed E-state index contributed by atoms with van der Waals surface area (Å²) in [5.41, 5.74) is 11.7. The molecule has 0 aliphatic carbocycles. The fraction of sp³-hybridized carbons (Fsp3) is 0.111. The van der Waals surface area contributed by atoms with Crippen molar-refractivity contribution in [3.8, 4) is 22.4 Å². The van der Waals surface area contributed by atoms with Crippen LogP contribution >= 0.6 is 11.3 Å². The molecule has 5 rings (SSSR count). The molecule has 5 aromatic rings. The number of hydrogen-bond donors (Lipinski definition) is 2. The van der Waals surface area contributed by atoms with Gasteiger partial charge in [0.05, 0.1) is 16.2 Å². The second-order valence-electron chi connectivity index (χ2n) is 7.81. The number of rotatable bonds is 7. The molecular weight excluding hydrogens is 442 g/mol. The van der Waals surface area contributed by atoms with Crippen LogP contribution in [0, 0.1) is 0 Å². The van der Waals surface area contributed by atoms with Crippen molar-refractivity contribution in [2.24, 2.45) is 5.73 Å². The molecule has 6 nitrogen and oxygen atoms in total. The third-order valence-electron chi connectivity index (χ3n) is 5.61. The van der Waals surface area contributed by atoms with Crippen LogP contribution in [0.2, 0.25) is 0 Å². The Labute approximate surface area is 201 Å². The van der Waals surface area contributed by atoms with E-state index in [0.29, 0.717) is 25.2 Å². The van der Waals surface area contributed by atoms with Crippen molar-refractivity contribution in [1.82, 2.24) is 20.3 Å². The molecule has 0 aliphatic rings. The third kappa shape index (κ3) is 4.57. The van der Waals surface area contributed by atoms with Gasteiger partial charge in [-0.15, -0.1) is 11.3 Å². The van der Waals surface area contributed by atoms with Crippen molar-refractivity contribution >= 4 is 28.1 Å². The number of benzene rings is 2. The van der Waals surface area contributed by atoms with E-state index in [1.165, 1.54) is 0 Å². The Balaban J connectivity index is 1.56. The van der Waals surface area contributed by atoms with Gasteiger partial charge in [0.2, 0.25) is 0 Å². The minimum absolute atomic E-state index is 0.219. The van der Waals surface area contributed by atoms with Crippen LogP contribution < -0.4 is 11.1 Å². The lowest BCUT2D eigenvalue weighted by Crippen LogP contribution is -2.26. The zero-order chi connectivity index (χ0) is 23.3. The highest BCUT2D eigenvalue weighted by Crippen LogP contribution is 2.34. The Morgan fingerprint density at radius 3 is 2.50 bits per heavy atom. The first-order chi connectivity index (χ1) is 16.7. The lowest BCUT2D eigenvalue weighted by molar-refractivity contribution is 0.0951. The van der Waals surface area contributed by atoms with E-state index in [1.54, 1.807) is 23.7 Å². The van der Waals surface area contributed by atoms with Crippen LogP contribution in [0.1, 0.15) is 21.1 Å². The average Bonchev–Trinajstić information content (AvgIpc) is 3.41. The van der Waals surface area contributed by atoms with Gasteiger partial charge < -0.3 is 11.1 Å². The summed E-state index contributed by atoms with van der Waals surface area (Å²) >= 11 is 1.58. The van der Waals surface area contributed by atoms with Gasteiger partial charge in [-0.25, -0.2) is 9.97 Å². The van der Waals surface area contributed by atoms with Gasteiger partial charge in [-0.05, 0) is 23.3 Å². The summed E-state index contributed by atoms with van der Waals surface area (Å²) in [4.78, 5) is 26.7. The zero-order valence-electron chi connectivity index (χ0n) is 18.4. The number of thiazole rings is 1. The van der Waals surface area contributed by atoms with Crippen molar-refractivity contribution in [3.05, 3.63) is 101 Å². The normalized spacial score (nSPS) is 11.0. The first-order valence-corrected chi connectivity index (χ1v) is 11.9. The maximum absolute atomic E-state index is 13.0. The SMILES string of the molecule is NCc1ccc(-c2nc3ccnc(C(=O)NCCc4nccs4)c3cc2-c2ccccc2)cc1. The van der Waals surface area contributed by atoms with Gasteiger partial charge in [-0.3, -0.25) is 9.78 Å². The van der Waals surface area contributed by atoms with E-state index < -0.39 is 0 Å². The van der Waals surface area contributed by atoms with E-state index in [2.05, 4.69) is 15.3 Å². The van der Waals surface area contributed by atoms with Crippen molar-refractivity contribution in [2.45, 2.75) is 13.0 Å². The van der Waals surface area contributed by atoms with Crippen LogP contribution in [-0.4, -0.2) is 27.4 Å². The van der Waals surface area contributed by atoms with Gasteiger partial charge in [0, 0.05) is 53.8 Å². The molecule has 168 valence electrons. The molecule has 0 saturated heterocycles. The summed E-state index contributed by atoms with van der Waals surface area (Å²) in [7, 11) is 0. The van der Waals surface area contributed by atoms with Gasteiger partial charge in [-0.2, -0.15) is 0 Å². The van der Waals surface area contributed by atoms with Crippen LogP contribution in [-0.2, 0) is 13.0 Å². The monoisotopic (exact) mass is 465 g/mol. The molecule has 3 heterocycles. The maximum Gasteiger partial charge on any atom is 0.270 e. The number of aromatic nitrogens is 3. The Morgan fingerprint density at radius 2 is 1.76 bits per heavy atom. The first kappa shape index (κ1) is 21.9. The topological polar surface area (TPSA) is 93.8 Å². The van der Waals surface area contributed by atoms with E-state index in [1.807, 2.05) is 72.1 Å². The van der Waals surface area contributed by atoms with E-state index in [0.717, 1.165) is 43.9 Å². The van der Waals surface area contributed by atoms with Crippen LogP contribution in [0.15, 0.2) is 84.5 Å². The van der Waals surface area contributed by atoms with Crippen LogP contribution in [0.4, 0.5) is 0 Å². The number of hydrogen-bond acceptors (Lipinski definition) is 6. The molecule has 0 aliphatic heterocycles. The van der Waals surface area contributed by atoms with Crippen LogP contribution in [0.25, 0.3) is 33.3 Å². The quantitative estimate of drug-likeness (QED) is 0.358. The lowest BCUT2D eigenvalue weighted by Gasteiger charge is -2.14. The minimum Gasteiger partial charge on any atom is -0.350 e. The van der Waals surface area contributed by atoms with E-state index in [4.69, 9.17) is 10.7 Å². The molecule has 34 heavy (non-hydrogen) atoms. The number of carbonyl (C=O) groups excluding carboxylic acids is 1. The Morgan fingerprint density at radius 1 is 0.941 bits per heavy atom.